The van der Waals surface area contributed by atoms with Gasteiger partial charge in [0.25, 0.3) is 11.5 Å². The van der Waals surface area contributed by atoms with Crippen molar-refractivity contribution in [2.75, 3.05) is 6.54 Å². The average molecular weight is 309 g/mol. The number of aromatic nitrogens is 2. The van der Waals surface area contributed by atoms with Crippen molar-refractivity contribution in [2.45, 2.75) is 6.10 Å². The molecule has 3 N–H and O–H groups in total. The number of hydrogen-bond donors (Lipinski definition) is 3. The molecule has 3 aromatic rings. The Morgan fingerprint density at radius 2 is 1.91 bits per heavy atom. The van der Waals surface area contributed by atoms with Crippen molar-refractivity contribution in [3.63, 3.8) is 0 Å². The van der Waals surface area contributed by atoms with Crippen molar-refractivity contribution in [3.8, 4) is 0 Å². The molecule has 1 aromatic heterocycles. The fourth-order valence-electron chi connectivity index (χ4n) is 2.28. The third kappa shape index (κ3) is 3.44. The summed E-state index contributed by atoms with van der Waals surface area (Å²) in [6.07, 6.45) is -0.827. The number of carbonyl (C=O) groups excluding carboxylic acids is 1. The Hall–Kier alpha value is -2.99. The van der Waals surface area contributed by atoms with Crippen LogP contribution in [0.4, 0.5) is 0 Å². The van der Waals surface area contributed by atoms with Gasteiger partial charge in [-0.05, 0) is 28.5 Å². The first-order chi connectivity index (χ1) is 11.1. The summed E-state index contributed by atoms with van der Waals surface area (Å²) in [5.74, 6) is -0.457. The van der Waals surface area contributed by atoms with Gasteiger partial charge in [0.05, 0.1) is 6.10 Å². The van der Waals surface area contributed by atoms with E-state index in [-0.39, 0.29) is 17.8 Å². The maximum absolute atomic E-state index is 11.9. The van der Waals surface area contributed by atoms with E-state index < -0.39 is 12.0 Å². The Morgan fingerprint density at radius 3 is 2.65 bits per heavy atom. The number of hydrogen-bond acceptors (Lipinski definition) is 4. The molecule has 0 radical (unpaired) electrons. The third-order valence-electron chi connectivity index (χ3n) is 3.53. The first-order valence-electron chi connectivity index (χ1n) is 7.14. The van der Waals surface area contributed by atoms with Gasteiger partial charge >= 0.3 is 0 Å². The summed E-state index contributed by atoms with van der Waals surface area (Å²) in [6, 6.07) is 16.1. The molecule has 6 nitrogen and oxygen atoms in total. The van der Waals surface area contributed by atoms with Gasteiger partial charge in [0, 0.05) is 12.6 Å². The highest BCUT2D eigenvalue weighted by atomic mass is 16.3. The summed E-state index contributed by atoms with van der Waals surface area (Å²) in [4.78, 5) is 22.8. The van der Waals surface area contributed by atoms with Crippen molar-refractivity contribution in [1.82, 2.24) is 15.5 Å². The van der Waals surface area contributed by atoms with E-state index in [1.807, 2.05) is 42.5 Å². The molecule has 6 heteroatoms. The van der Waals surface area contributed by atoms with Gasteiger partial charge in [-0.3, -0.25) is 9.59 Å². The summed E-state index contributed by atoms with van der Waals surface area (Å²) in [5.41, 5.74) is 0.437. The van der Waals surface area contributed by atoms with Crippen LogP contribution in [0.25, 0.3) is 10.8 Å². The first kappa shape index (κ1) is 14.9. The van der Waals surface area contributed by atoms with E-state index in [9.17, 15) is 14.7 Å². The Kier molecular flexibility index (Phi) is 4.16. The van der Waals surface area contributed by atoms with E-state index in [2.05, 4.69) is 15.5 Å². The van der Waals surface area contributed by atoms with Crippen LogP contribution in [-0.4, -0.2) is 27.8 Å². The number of benzene rings is 2. The number of rotatable bonds is 4. The van der Waals surface area contributed by atoms with Crippen LogP contribution in [-0.2, 0) is 0 Å². The Balaban J connectivity index is 1.68. The number of nitrogens with one attached hydrogen (secondary N) is 2. The maximum Gasteiger partial charge on any atom is 0.271 e. The van der Waals surface area contributed by atoms with E-state index in [0.29, 0.717) is 0 Å². The zero-order chi connectivity index (χ0) is 16.2. The number of carbonyl (C=O) groups is 1. The van der Waals surface area contributed by atoms with E-state index in [0.717, 1.165) is 16.3 Å². The van der Waals surface area contributed by atoms with Gasteiger partial charge in [0.1, 0.15) is 5.69 Å². The lowest BCUT2D eigenvalue weighted by atomic mass is 10.0. The molecule has 23 heavy (non-hydrogen) atoms. The van der Waals surface area contributed by atoms with Gasteiger partial charge in [0.2, 0.25) is 0 Å². The highest BCUT2D eigenvalue weighted by Gasteiger charge is 2.12. The molecular weight excluding hydrogens is 294 g/mol. The minimum atomic E-state index is -0.827. The van der Waals surface area contributed by atoms with E-state index >= 15 is 0 Å². The molecule has 1 atom stereocenters. The molecule has 0 fully saturated rings. The Bertz CT molecular complexity index is 884. The molecule has 0 saturated carbocycles. The molecule has 0 aliphatic carbocycles. The topological polar surface area (TPSA) is 95.1 Å². The summed E-state index contributed by atoms with van der Waals surface area (Å²) in [7, 11) is 0. The third-order valence-corrected chi connectivity index (χ3v) is 3.53. The van der Waals surface area contributed by atoms with Gasteiger partial charge < -0.3 is 10.4 Å². The normalized spacial score (nSPS) is 12.0. The molecule has 1 heterocycles. The van der Waals surface area contributed by atoms with Gasteiger partial charge in [0.15, 0.2) is 0 Å². The highest BCUT2D eigenvalue weighted by Crippen LogP contribution is 2.20. The number of fused-ring (bicyclic) bond motifs is 1. The second-order valence-electron chi connectivity index (χ2n) is 5.14. The number of aromatic amines is 1. The molecule has 0 spiro atoms. The van der Waals surface area contributed by atoms with E-state index in [1.165, 1.54) is 12.1 Å². The average Bonchev–Trinajstić information content (AvgIpc) is 2.59. The summed E-state index contributed by atoms with van der Waals surface area (Å²) < 4.78 is 0. The molecule has 2 aromatic carbocycles. The number of nitrogens with zero attached hydrogens (tertiary/aromatic N) is 1. The molecule has 0 aliphatic heterocycles. The Labute approximate surface area is 131 Å². The lowest BCUT2D eigenvalue weighted by molar-refractivity contribution is 0.0910. The summed E-state index contributed by atoms with van der Waals surface area (Å²) in [6.45, 7) is 0.0536. The highest BCUT2D eigenvalue weighted by molar-refractivity contribution is 5.92. The van der Waals surface area contributed by atoms with Crippen LogP contribution in [0.15, 0.2) is 59.4 Å². The number of amides is 1. The van der Waals surface area contributed by atoms with Crippen LogP contribution < -0.4 is 10.9 Å². The molecule has 1 unspecified atom stereocenters. The molecule has 0 saturated heterocycles. The lowest BCUT2D eigenvalue weighted by Crippen LogP contribution is -2.29. The van der Waals surface area contributed by atoms with Crippen LogP contribution >= 0.6 is 0 Å². The molecule has 0 aliphatic rings. The smallest absolute Gasteiger partial charge is 0.271 e. The first-order valence-corrected chi connectivity index (χ1v) is 7.14. The largest absolute Gasteiger partial charge is 0.387 e. The van der Waals surface area contributed by atoms with Crippen molar-refractivity contribution in [1.29, 1.82) is 0 Å². The summed E-state index contributed by atoms with van der Waals surface area (Å²) >= 11 is 0. The van der Waals surface area contributed by atoms with Crippen molar-refractivity contribution in [2.24, 2.45) is 0 Å². The van der Waals surface area contributed by atoms with Crippen LogP contribution in [0.5, 0.6) is 0 Å². The van der Waals surface area contributed by atoms with Crippen molar-refractivity contribution < 1.29 is 9.90 Å². The molecule has 3 rings (SSSR count). The zero-order valence-electron chi connectivity index (χ0n) is 12.2. The van der Waals surface area contributed by atoms with Gasteiger partial charge in [-0.1, -0.05) is 36.4 Å². The molecular formula is C17H15N3O3. The van der Waals surface area contributed by atoms with E-state index in [1.54, 1.807) is 0 Å². The standard InChI is InChI=1S/C17H15N3O3/c21-15(10-18-17(23)14-7-8-16(22)20-19-14)13-6-5-11-3-1-2-4-12(11)9-13/h1-9,15,21H,10H2,(H,18,23)(H,20,22). The van der Waals surface area contributed by atoms with Gasteiger partial charge in [-0.2, -0.15) is 5.10 Å². The van der Waals surface area contributed by atoms with Gasteiger partial charge in [-0.15, -0.1) is 0 Å². The van der Waals surface area contributed by atoms with Crippen molar-refractivity contribution in [3.05, 3.63) is 76.2 Å². The zero-order valence-corrected chi connectivity index (χ0v) is 12.2. The monoisotopic (exact) mass is 309 g/mol. The maximum atomic E-state index is 11.9. The number of aliphatic hydroxyl groups is 1. The van der Waals surface area contributed by atoms with Gasteiger partial charge in [-0.25, -0.2) is 5.10 Å². The summed E-state index contributed by atoms with van der Waals surface area (Å²) in [5, 5.41) is 20.8. The predicted molar refractivity (Wildman–Crippen MR) is 86.1 cm³/mol. The molecule has 116 valence electrons. The minimum absolute atomic E-state index is 0.0536. The Morgan fingerprint density at radius 1 is 1.13 bits per heavy atom. The second-order valence-corrected chi connectivity index (χ2v) is 5.14. The van der Waals surface area contributed by atoms with Crippen LogP contribution in [0.1, 0.15) is 22.2 Å². The minimum Gasteiger partial charge on any atom is -0.387 e. The fourth-order valence-corrected chi connectivity index (χ4v) is 2.28. The van der Waals surface area contributed by atoms with Crippen molar-refractivity contribution >= 4 is 16.7 Å². The molecule has 0 bridgehead atoms. The van der Waals surface area contributed by atoms with Crippen LogP contribution in [0.3, 0.4) is 0 Å². The number of H-pyrrole nitrogens is 1. The SMILES string of the molecule is O=C(NCC(O)c1ccc2ccccc2c1)c1ccc(=O)[nH]n1. The second kappa shape index (κ2) is 6.41. The quantitative estimate of drug-likeness (QED) is 0.678. The van der Waals surface area contributed by atoms with Crippen LogP contribution in [0.2, 0.25) is 0 Å². The van der Waals surface area contributed by atoms with Crippen LogP contribution in [0, 0.1) is 0 Å². The molecule has 1 amide bonds. The number of aliphatic hydroxyl groups excluding tert-OH is 1. The lowest BCUT2D eigenvalue weighted by Gasteiger charge is -2.13. The van der Waals surface area contributed by atoms with E-state index in [4.69, 9.17) is 0 Å². The predicted octanol–water partition coefficient (Wildman–Crippen LogP) is 1.39. The fraction of sp³-hybridized carbons (Fsp3) is 0.118.